The van der Waals surface area contributed by atoms with Crippen molar-refractivity contribution < 1.29 is 9.15 Å². The van der Waals surface area contributed by atoms with E-state index in [0.717, 1.165) is 22.8 Å². The number of rotatable bonds is 7. The lowest BCUT2D eigenvalue weighted by Gasteiger charge is -2.41. The van der Waals surface area contributed by atoms with Gasteiger partial charge in [-0.05, 0) is 57.9 Å². The molecule has 3 aromatic carbocycles. The molecule has 0 radical (unpaired) electrons. The zero-order valence-corrected chi connectivity index (χ0v) is 22.2. The molecule has 0 aliphatic heterocycles. The molecule has 1 aromatic heterocycles. The third-order valence-electron chi connectivity index (χ3n) is 7.68. The first kappa shape index (κ1) is 24.4. The number of furan rings is 1. The van der Waals surface area contributed by atoms with Crippen molar-refractivity contribution in [2.75, 3.05) is 7.11 Å². The first-order valence-corrected chi connectivity index (χ1v) is 13.1. The van der Waals surface area contributed by atoms with E-state index < -0.39 is 0 Å². The van der Waals surface area contributed by atoms with Crippen LogP contribution in [0, 0.1) is 6.92 Å². The van der Waals surface area contributed by atoms with E-state index >= 15 is 0 Å². The predicted octanol–water partition coefficient (Wildman–Crippen LogP) is 8.35. The van der Waals surface area contributed by atoms with Crippen LogP contribution in [-0.4, -0.2) is 24.1 Å². The highest BCUT2D eigenvalue weighted by Crippen LogP contribution is 2.60. The van der Waals surface area contributed by atoms with E-state index in [2.05, 4.69) is 124 Å². The summed E-state index contributed by atoms with van der Waals surface area (Å²) >= 11 is 0. The monoisotopic (exact) mass is 479 g/mol. The van der Waals surface area contributed by atoms with Crippen LogP contribution in [0.1, 0.15) is 73.6 Å². The molecule has 1 aliphatic carbocycles. The van der Waals surface area contributed by atoms with Crippen LogP contribution < -0.4 is 4.74 Å². The molecule has 0 saturated carbocycles. The van der Waals surface area contributed by atoms with Crippen LogP contribution in [0.5, 0.6) is 5.75 Å². The predicted molar refractivity (Wildman–Crippen MR) is 148 cm³/mol. The van der Waals surface area contributed by atoms with Crippen LogP contribution in [-0.2, 0) is 0 Å². The number of aryl methyl sites for hydroxylation is 1. The average molecular weight is 480 g/mol. The lowest BCUT2D eigenvalue weighted by molar-refractivity contribution is 0.0972. The molecule has 3 atom stereocenters. The van der Waals surface area contributed by atoms with Crippen molar-refractivity contribution in [3.8, 4) is 17.1 Å². The van der Waals surface area contributed by atoms with Crippen LogP contribution in [0.15, 0.2) is 89.3 Å². The highest BCUT2D eigenvalue weighted by molar-refractivity contribution is 5.69. The van der Waals surface area contributed by atoms with Gasteiger partial charge in [-0.1, -0.05) is 72.8 Å². The molecule has 4 aromatic rings. The van der Waals surface area contributed by atoms with Crippen molar-refractivity contribution in [1.82, 2.24) is 4.90 Å². The second-order valence-electron chi connectivity index (χ2n) is 10.4. The Morgan fingerprint density at radius 3 is 1.86 bits per heavy atom. The van der Waals surface area contributed by atoms with Gasteiger partial charge in [0.05, 0.1) is 7.11 Å². The molecule has 0 fully saturated rings. The number of hydrogen-bond acceptors (Lipinski definition) is 3. The van der Waals surface area contributed by atoms with Crippen molar-refractivity contribution in [3.63, 3.8) is 0 Å². The Morgan fingerprint density at radius 2 is 1.31 bits per heavy atom. The zero-order valence-electron chi connectivity index (χ0n) is 22.2. The summed E-state index contributed by atoms with van der Waals surface area (Å²) in [5.41, 5.74) is 6.49. The Balaban J connectivity index is 1.82. The van der Waals surface area contributed by atoms with Gasteiger partial charge in [-0.25, -0.2) is 0 Å². The summed E-state index contributed by atoms with van der Waals surface area (Å²) in [7, 11) is 1.73. The summed E-state index contributed by atoms with van der Waals surface area (Å²) in [4.78, 5) is 2.68. The van der Waals surface area contributed by atoms with E-state index in [-0.39, 0.29) is 17.9 Å². The smallest absolute Gasteiger partial charge is 0.139 e. The molecule has 0 saturated heterocycles. The third kappa shape index (κ3) is 4.16. The maximum absolute atomic E-state index is 6.64. The topological polar surface area (TPSA) is 25.6 Å². The molecular weight excluding hydrogens is 442 g/mol. The Kier molecular flexibility index (Phi) is 6.77. The lowest BCUT2D eigenvalue weighted by Crippen LogP contribution is -2.42. The summed E-state index contributed by atoms with van der Waals surface area (Å²) in [6.45, 7) is 11.4. The van der Waals surface area contributed by atoms with Crippen molar-refractivity contribution in [3.05, 3.63) is 113 Å². The highest BCUT2D eigenvalue weighted by Gasteiger charge is 2.50. The van der Waals surface area contributed by atoms with Crippen LogP contribution in [0.3, 0.4) is 0 Å². The average Bonchev–Trinajstić information content (AvgIpc) is 3.40. The molecular formula is C33H37NO2. The summed E-state index contributed by atoms with van der Waals surface area (Å²) in [5.74, 6) is 3.35. The quantitative estimate of drug-likeness (QED) is 0.266. The van der Waals surface area contributed by atoms with Crippen molar-refractivity contribution in [1.29, 1.82) is 0 Å². The summed E-state index contributed by atoms with van der Waals surface area (Å²) in [6.07, 6.45) is 0. The van der Waals surface area contributed by atoms with E-state index in [4.69, 9.17) is 9.15 Å². The molecule has 0 spiro atoms. The SMILES string of the molecule is COc1ccc([C@H]2[C@H](c3ccccc3)c3c(C)oc(-c4ccccc4)c3[C@@H]2N(C(C)C)C(C)C)cc1. The number of nitrogens with zero attached hydrogens (tertiary/aromatic N) is 1. The standard InChI is InChI=1S/C33H37NO2/c1-21(2)34(22(3)4)32-30(25-17-19-27(35-6)20-18-25)29(24-13-9-7-10-14-24)28-23(5)36-33(31(28)32)26-15-11-8-12-16-26/h7-22,29-30,32H,1-6H3/t29-,30+,32-/m1/s1. The summed E-state index contributed by atoms with van der Waals surface area (Å²) in [6, 6.07) is 31.2. The fraction of sp³-hybridized carbons (Fsp3) is 0.333. The van der Waals surface area contributed by atoms with Gasteiger partial charge in [0.25, 0.3) is 0 Å². The van der Waals surface area contributed by atoms with Gasteiger partial charge in [0.1, 0.15) is 17.3 Å². The second kappa shape index (κ2) is 9.99. The minimum absolute atomic E-state index is 0.172. The van der Waals surface area contributed by atoms with Crippen LogP contribution in [0.2, 0.25) is 0 Å². The van der Waals surface area contributed by atoms with E-state index in [9.17, 15) is 0 Å². The minimum Gasteiger partial charge on any atom is -0.497 e. The Hall–Kier alpha value is -3.30. The van der Waals surface area contributed by atoms with Gasteiger partial charge in [0.2, 0.25) is 0 Å². The highest BCUT2D eigenvalue weighted by atomic mass is 16.5. The van der Waals surface area contributed by atoms with Crippen molar-refractivity contribution in [2.24, 2.45) is 0 Å². The van der Waals surface area contributed by atoms with Gasteiger partial charge in [-0.3, -0.25) is 4.90 Å². The van der Waals surface area contributed by atoms with Crippen LogP contribution >= 0.6 is 0 Å². The van der Waals surface area contributed by atoms with E-state index in [1.165, 1.54) is 22.3 Å². The largest absolute Gasteiger partial charge is 0.497 e. The number of hydrogen-bond donors (Lipinski definition) is 0. The van der Waals surface area contributed by atoms with Crippen LogP contribution in [0.25, 0.3) is 11.3 Å². The molecule has 36 heavy (non-hydrogen) atoms. The number of benzene rings is 3. The first-order valence-electron chi connectivity index (χ1n) is 13.1. The first-order chi connectivity index (χ1) is 17.4. The molecule has 3 nitrogen and oxygen atoms in total. The maximum atomic E-state index is 6.64. The van der Waals surface area contributed by atoms with E-state index in [1.807, 2.05) is 0 Å². The Bertz CT molecular complexity index is 1280. The minimum atomic E-state index is 0.172. The fourth-order valence-corrected chi connectivity index (χ4v) is 6.41. The molecule has 5 rings (SSSR count). The molecule has 186 valence electrons. The van der Waals surface area contributed by atoms with Crippen molar-refractivity contribution in [2.45, 2.75) is 64.6 Å². The van der Waals surface area contributed by atoms with Gasteiger partial charge >= 0.3 is 0 Å². The fourth-order valence-electron chi connectivity index (χ4n) is 6.41. The molecule has 0 N–H and O–H groups in total. The molecule has 1 heterocycles. The Morgan fingerprint density at radius 1 is 0.722 bits per heavy atom. The summed E-state index contributed by atoms with van der Waals surface area (Å²) < 4.78 is 12.2. The van der Waals surface area contributed by atoms with Gasteiger partial charge in [0, 0.05) is 46.7 Å². The molecule has 1 aliphatic rings. The second-order valence-corrected chi connectivity index (χ2v) is 10.4. The van der Waals surface area contributed by atoms with Gasteiger partial charge in [-0.15, -0.1) is 0 Å². The third-order valence-corrected chi connectivity index (χ3v) is 7.68. The van der Waals surface area contributed by atoms with Gasteiger partial charge in [0.15, 0.2) is 0 Å². The number of fused-ring (bicyclic) bond motifs is 1. The zero-order chi connectivity index (χ0) is 25.4. The van der Waals surface area contributed by atoms with E-state index in [1.54, 1.807) is 7.11 Å². The molecule has 0 unspecified atom stereocenters. The molecule has 0 amide bonds. The number of ether oxygens (including phenoxy) is 1. The van der Waals surface area contributed by atoms with Crippen molar-refractivity contribution >= 4 is 0 Å². The van der Waals surface area contributed by atoms with Gasteiger partial charge in [-0.2, -0.15) is 0 Å². The van der Waals surface area contributed by atoms with Crippen LogP contribution in [0.4, 0.5) is 0 Å². The Labute approximate surface area is 215 Å². The normalized spacial score (nSPS) is 19.3. The molecule has 3 heteroatoms. The maximum Gasteiger partial charge on any atom is 0.139 e. The number of methoxy groups -OCH3 is 1. The van der Waals surface area contributed by atoms with Gasteiger partial charge < -0.3 is 9.15 Å². The summed E-state index contributed by atoms with van der Waals surface area (Å²) in [5, 5.41) is 0. The lowest BCUT2D eigenvalue weighted by atomic mass is 9.79. The molecule has 0 bridgehead atoms. The van der Waals surface area contributed by atoms with E-state index in [0.29, 0.717) is 12.1 Å².